The number of anilines is 1. The minimum atomic E-state index is -0.144. The number of carbonyl (C=O) groups excluding carboxylic acids is 1. The molecule has 44 heavy (non-hydrogen) atoms. The van der Waals surface area contributed by atoms with Gasteiger partial charge in [-0.15, -0.1) is 0 Å². The highest BCUT2D eigenvalue weighted by Crippen LogP contribution is 2.40. The molecule has 3 aromatic carbocycles. The van der Waals surface area contributed by atoms with Crippen molar-refractivity contribution in [3.05, 3.63) is 88.7 Å². The van der Waals surface area contributed by atoms with E-state index >= 15 is 0 Å². The van der Waals surface area contributed by atoms with Crippen LogP contribution < -0.4 is 14.4 Å². The summed E-state index contributed by atoms with van der Waals surface area (Å²) in [6.07, 6.45) is 3.98. The van der Waals surface area contributed by atoms with Gasteiger partial charge in [-0.2, -0.15) is 0 Å². The quantitative estimate of drug-likeness (QED) is 0.233. The van der Waals surface area contributed by atoms with Gasteiger partial charge >= 0.3 is 0 Å². The monoisotopic (exact) mass is 605 g/mol. The predicted octanol–water partition coefficient (Wildman–Crippen LogP) is 8.15. The van der Waals surface area contributed by atoms with Crippen molar-refractivity contribution < 1.29 is 18.7 Å². The third kappa shape index (κ3) is 8.53. The zero-order chi connectivity index (χ0) is 32.1. The van der Waals surface area contributed by atoms with E-state index in [-0.39, 0.29) is 17.8 Å². The number of methoxy groups -OCH3 is 2. The van der Waals surface area contributed by atoms with Gasteiger partial charge in [0.05, 0.1) is 20.3 Å². The summed E-state index contributed by atoms with van der Waals surface area (Å²) in [4.78, 5) is 20.6. The fraction of sp³-hybridized carbons (Fsp3) is 0.486. The van der Waals surface area contributed by atoms with Crippen LogP contribution in [0.3, 0.4) is 0 Å². The van der Waals surface area contributed by atoms with Crippen LogP contribution in [0.15, 0.2) is 60.7 Å². The Kier molecular flexibility index (Phi) is 14.0. The largest absolute Gasteiger partial charge is 0.493 e. The Hall–Kier alpha value is -3.58. The van der Waals surface area contributed by atoms with E-state index < -0.39 is 0 Å². The van der Waals surface area contributed by atoms with Crippen LogP contribution in [-0.2, 0) is 13.0 Å². The highest BCUT2D eigenvalue weighted by atomic mass is 19.1. The van der Waals surface area contributed by atoms with Crippen molar-refractivity contribution in [2.75, 3.05) is 51.8 Å². The van der Waals surface area contributed by atoms with Crippen LogP contribution in [-0.4, -0.2) is 62.7 Å². The number of likely N-dealkylation sites (N-methyl/N-ethyl adjacent to an activating group) is 1. The maximum atomic E-state index is 13.6. The lowest BCUT2D eigenvalue weighted by atomic mass is 9.99. The van der Waals surface area contributed by atoms with E-state index in [4.69, 9.17) is 9.47 Å². The summed E-state index contributed by atoms with van der Waals surface area (Å²) in [5.74, 6) is 1.40. The first-order chi connectivity index (χ1) is 21.4. The Morgan fingerprint density at radius 1 is 0.864 bits per heavy atom. The minimum Gasteiger partial charge on any atom is -0.493 e. The van der Waals surface area contributed by atoms with E-state index in [1.54, 1.807) is 26.4 Å². The molecule has 2 aliphatic rings. The van der Waals surface area contributed by atoms with Gasteiger partial charge in [0.1, 0.15) is 5.82 Å². The first-order valence-corrected chi connectivity index (χ1v) is 16.3. The number of hydrogen-bond donors (Lipinski definition) is 0. The molecule has 0 radical (unpaired) electrons. The van der Waals surface area contributed by atoms with Crippen molar-refractivity contribution in [3.63, 3.8) is 0 Å². The number of fused-ring (bicyclic) bond motifs is 1. The number of unbranched alkanes of at least 4 members (excludes halogenated alkanes) is 1. The highest BCUT2D eigenvalue weighted by Gasteiger charge is 2.36. The Morgan fingerprint density at radius 3 is 2.16 bits per heavy atom. The molecule has 2 heterocycles. The number of halogens is 1. The molecule has 5 rings (SSSR count). The van der Waals surface area contributed by atoms with Gasteiger partial charge in [-0.05, 0) is 66.9 Å². The number of piperazine rings is 1. The molecule has 240 valence electrons. The third-order valence-electron chi connectivity index (χ3n) is 8.43. The fourth-order valence-corrected chi connectivity index (χ4v) is 5.91. The Balaban J connectivity index is 0.000000409. The second-order valence-corrected chi connectivity index (χ2v) is 10.9. The first-order valence-electron chi connectivity index (χ1n) is 16.3. The van der Waals surface area contributed by atoms with Crippen LogP contribution >= 0.6 is 0 Å². The molecule has 0 unspecified atom stereocenters. The normalized spacial score (nSPS) is 15.0. The lowest BCUT2D eigenvalue weighted by Crippen LogP contribution is -2.46. The number of nitrogens with zero attached hydrogens (tertiary/aromatic N) is 3. The summed E-state index contributed by atoms with van der Waals surface area (Å²) in [5.41, 5.74) is 5.40. The molecule has 0 N–H and O–H groups in total. The van der Waals surface area contributed by atoms with Gasteiger partial charge in [0, 0.05) is 49.5 Å². The van der Waals surface area contributed by atoms with E-state index in [1.165, 1.54) is 17.3 Å². The van der Waals surface area contributed by atoms with Gasteiger partial charge in [-0.25, -0.2) is 4.39 Å². The van der Waals surface area contributed by atoms with Gasteiger partial charge in [-0.1, -0.05) is 71.7 Å². The molecule has 0 saturated carbocycles. The Bertz CT molecular complexity index is 1320. The molecule has 0 bridgehead atoms. The summed E-state index contributed by atoms with van der Waals surface area (Å²) in [5, 5.41) is 0. The molecule has 2 aliphatic heterocycles. The molecule has 1 amide bonds. The summed E-state index contributed by atoms with van der Waals surface area (Å²) in [6, 6.07) is 18.9. The van der Waals surface area contributed by atoms with Crippen LogP contribution in [0, 0.1) is 5.82 Å². The van der Waals surface area contributed by atoms with Crippen molar-refractivity contribution in [2.24, 2.45) is 0 Å². The van der Waals surface area contributed by atoms with Crippen LogP contribution in [0.2, 0.25) is 0 Å². The predicted molar refractivity (Wildman–Crippen MR) is 180 cm³/mol. The molecule has 6 nitrogen and oxygen atoms in total. The number of hydrogen-bond acceptors (Lipinski definition) is 5. The minimum absolute atomic E-state index is 0.00875. The van der Waals surface area contributed by atoms with Crippen molar-refractivity contribution in [1.29, 1.82) is 0 Å². The Labute approximate surface area is 264 Å². The van der Waals surface area contributed by atoms with Crippen molar-refractivity contribution in [3.8, 4) is 11.5 Å². The van der Waals surface area contributed by atoms with Crippen molar-refractivity contribution in [2.45, 2.75) is 72.9 Å². The average molecular weight is 606 g/mol. The van der Waals surface area contributed by atoms with Crippen LogP contribution in [0.1, 0.15) is 87.0 Å². The van der Waals surface area contributed by atoms with Crippen molar-refractivity contribution >= 4 is 11.6 Å². The number of amides is 1. The number of ether oxygens (including phenoxy) is 2. The number of rotatable bonds is 10. The second kappa shape index (κ2) is 17.6. The summed E-state index contributed by atoms with van der Waals surface area (Å²) < 4.78 is 23.3. The topological polar surface area (TPSA) is 45.3 Å². The maximum Gasteiger partial charge on any atom is 0.255 e. The molecule has 0 spiro atoms. The second-order valence-electron chi connectivity index (χ2n) is 10.9. The first kappa shape index (κ1) is 34.9. The third-order valence-corrected chi connectivity index (χ3v) is 8.43. The van der Waals surface area contributed by atoms with E-state index in [0.717, 1.165) is 75.1 Å². The van der Waals surface area contributed by atoms with Crippen LogP contribution in [0.5, 0.6) is 11.5 Å². The van der Waals surface area contributed by atoms with Crippen molar-refractivity contribution in [1.82, 2.24) is 9.80 Å². The Morgan fingerprint density at radius 2 is 1.57 bits per heavy atom. The maximum absolute atomic E-state index is 13.6. The molecule has 0 aromatic heterocycles. The van der Waals surface area contributed by atoms with Gasteiger partial charge in [0.15, 0.2) is 11.5 Å². The zero-order valence-electron chi connectivity index (χ0n) is 27.9. The van der Waals surface area contributed by atoms with Gasteiger partial charge in [0.25, 0.3) is 5.91 Å². The lowest BCUT2D eigenvalue weighted by molar-refractivity contribution is 0.0688. The number of aryl methyl sites for hydroxylation is 1. The number of benzene rings is 3. The van der Waals surface area contributed by atoms with E-state index in [0.29, 0.717) is 18.0 Å². The SMILES string of the molecule is CC.CCCC[C@H](c1ccc(OC)c(OC)c1)N1Cc2c(cccc2N2CCN(CC)CC2)C1=O.CCc1cccc(F)c1. The number of carbonyl (C=O) groups is 1. The summed E-state index contributed by atoms with van der Waals surface area (Å²) in [6.45, 7) is 16.3. The van der Waals surface area contributed by atoms with Gasteiger partial charge in [-0.3, -0.25) is 4.79 Å². The smallest absolute Gasteiger partial charge is 0.255 e. The molecule has 1 atom stereocenters. The molecular weight excluding hydrogens is 553 g/mol. The van der Waals surface area contributed by atoms with E-state index in [1.807, 2.05) is 51.1 Å². The highest BCUT2D eigenvalue weighted by molar-refractivity contribution is 6.00. The molecule has 1 fully saturated rings. The van der Waals surface area contributed by atoms with Crippen LogP contribution in [0.25, 0.3) is 0 Å². The summed E-state index contributed by atoms with van der Waals surface area (Å²) >= 11 is 0. The van der Waals surface area contributed by atoms with Crippen LogP contribution in [0.4, 0.5) is 10.1 Å². The van der Waals surface area contributed by atoms with Gasteiger partial charge in [0.2, 0.25) is 0 Å². The molecular formula is C37H52FN3O3. The molecule has 1 saturated heterocycles. The zero-order valence-corrected chi connectivity index (χ0v) is 27.9. The standard InChI is InChI=1S/C27H37N3O3.C8H9F.C2H6/c1-5-7-10-23(20-12-13-25(32-3)26(18-20)33-4)30-19-22-21(27(30)31)9-8-11-24(22)29-16-14-28(6-2)15-17-29;1-2-7-4-3-5-8(9)6-7;1-2/h8-9,11-13,18,23H,5-7,10,14-17,19H2,1-4H3;3-6H,2H2,1H3;1-2H3/t23-;;/m1../s1. The molecule has 0 aliphatic carbocycles. The van der Waals surface area contributed by atoms with E-state index in [9.17, 15) is 9.18 Å². The fourth-order valence-electron chi connectivity index (χ4n) is 5.91. The summed E-state index contributed by atoms with van der Waals surface area (Å²) in [7, 11) is 3.30. The van der Waals surface area contributed by atoms with Gasteiger partial charge < -0.3 is 24.2 Å². The molecule has 7 heteroatoms. The lowest BCUT2D eigenvalue weighted by Gasteiger charge is -2.36. The van der Waals surface area contributed by atoms with E-state index in [2.05, 4.69) is 40.7 Å². The molecule has 3 aromatic rings. The average Bonchev–Trinajstić information content (AvgIpc) is 3.41.